The van der Waals surface area contributed by atoms with Gasteiger partial charge in [0.05, 0.1) is 0 Å². The number of hydrogen-bond donors (Lipinski definition) is 2. The minimum absolute atomic E-state index is 0.0830. The third-order valence-corrected chi connectivity index (χ3v) is 7.48. The van der Waals surface area contributed by atoms with Gasteiger partial charge in [0.1, 0.15) is 10.7 Å². The van der Waals surface area contributed by atoms with E-state index >= 15 is 0 Å². The molecular weight excluding hydrogens is 417 g/mol. The average Bonchev–Trinajstić information content (AvgIpc) is 2.67. The van der Waals surface area contributed by atoms with Crippen LogP contribution in [0.15, 0.2) is 47.4 Å². The summed E-state index contributed by atoms with van der Waals surface area (Å²) in [7, 11) is -3.98. The highest BCUT2D eigenvalue weighted by Crippen LogP contribution is 2.45. The van der Waals surface area contributed by atoms with Crippen molar-refractivity contribution in [2.75, 3.05) is 6.54 Å². The normalized spacial score (nSPS) is 26.3. The van der Waals surface area contributed by atoms with Crippen LogP contribution in [-0.4, -0.2) is 26.0 Å². The van der Waals surface area contributed by atoms with Gasteiger partial charge in [-0.25, -0.2) is 17.5 Å². The molecule has 2 N–H and O–H groups in total. The van der Waals surface area contributed by atoms with Crippen molar-refractivity contribution in [3.8, 4) is 0 Å². The maximum absolute atomic E-state index is 14.1. The number of unbranched alkanes of at least 4 members (excludes halogenated alkanes) is 1. The van der Waals surface area contributed by atoms with E-state index in [1.165, 1.54) is 12.1 Å². The summed E-state index contributed by atoms with van der Waals surface area (Å²) in [6.07, 6.45) is 11.9. The highest BCUT2D eigenvalue weighted by Gasteiger charge is 2.39. The van der Waals surface area contributed by atoms with E-state index in [1.54, 1.807) is 0 Å². The van der Waals surface area contributed by atoms with E-state index < -0.39 is 26.7 Å². The zero-order chi connectivity index (χ0) is 21.0. The van der Waals surface area contributed by atoms with Gasteiger partial charge < -0.3 is 5.11 Å². The van der Waals surface area contributed by atoms with Crippen LogP contribution in [0.2, 0.25) is 5.02 Å². The highest BCUT2D eigenvalue weighted by atomic mass is 35.5. The molecule has 1 aromatic carbocycles. The molecule has 3 aliphatic rings. The second-order valence-corrected chi connectivity index (χ2v) is 9.84. The fourth-order valence-corrected chi connectivity index (χ4v) is 5.61. The van der Waals surface area contributed by atoms with Gasteiger partial charge in [0.25, 0.3) is 0 Å². The number of aliphatic carboxylic acids is 1. The van der Waals surface area contributed by atoms with Crippen LogP contribution in [0.5, 0.6) is 0 Å². The van der Waals surface area contributed by atoms with Gasteiger partial charge in [-0.2, -0.15) is 0 Å². The van der Waals surface area contributed by atoms with Crippen LogP contribution in [0, 0.1) is 29.5 Å². The summed E-state index contributed by atoms with van der Waals surface area (Å²) in [6, 6.07) is 3.52. The standard InChI is InChI=1S/C21H25ClFNO4S/c22-16-10-11-20(19(23)12-16)29(27,28)24-13-18-15-8-6-14(7-9-15)17(18)4-2-1-3-5-21(25)26/h2,4,6,8,10-12,14-15,17-18,24H,1,3,5,7,9,13H2,(H,25,26)/b4-2-/t14-,15+,17-,18-/m0/s1. The molecule has 0 spiro atoms. The summed E-state index contributed by atoms with van der Waals surface area (Å²) in [6.45, 7) is 0.222. The number of halogens is 2. The van der Waals surface area contributed by atoms with Gasteiger partial charge in [0, 0.05) is 18.0 Å². The summed E-state index contributed by atoms with van der Waals surface area (Å²) < 4.78 is 41.8. The second-order valence-electron chi connectivity index (χ2n) is 7.67. The molecule has 3 aliphatic carbocycles. The van der Waals surface area contributed by atoms with Crippen LogP contribution in [-0.2, 0) is 14.8 Å². The predicted molar refractivity (Wildman–Crippen MR) is 110 cm³/mol. The number of benzene rings is 1. The number of carboxylic acids is 1. The molecule has 0 amide bonds. The molecule has 4 rings (SSSR count). The van der Waals surface area contributed by atoms with Crippen molar-refractivity contribution >= 4 is 27.6 Å². The van der Waals surface area contributed by atoms with E-state index in [2.05, 4.69) is 23.0 Å². The average molecular weight is 442 g/mol. The SMILES string of the molecule is O=C(O)CCC/C=C\[C@@H]1[C@@H](CNS(=O)(=O)c2ccc(Cl)cc2F)[C@@H]2C=C[C@H]1CC2. The van der Waals surface area contributed by atoms with Crippen LogP contribution in [0.3, 0.4) is 0 Å². The molecule has 0 unspecified atom stereocenters. The molecule has 29 heavy (non-hydrogen) atoms. The number of rotatable bonds is 9. The maximum Gasteiger partial charge on any atom is 0.303 e. The molecule has 5 nitrogen and oxygen atoms in total. The first-order chi connectivity index (χ1) is 13.8. The molecule has 0 heterocycles. The van der Waals surface area contributed by atoms with Gasteiger partial charge in [0.2, 0.25) is 10.0 Å². The highest BCUT2D eigenvalue weighted by molar-refractivity contribution is 7.89. The number of fused-ring (bicyclic) bond motifs is 2. The molecular formula is C21H25ClFNO4S. The van der Waals surface area contributed by atoms with Gasteiger partial charge in [-0.15, -0.1) is 0 Å². The minimum Gasteiger partial charge on any atom is -0.481 e. The van der Waals surface area contributed by atoms with Gasteiger partial charge in [-0.1, -0.05) is 35.9 Å². The Morgan fingerprint density at radius 3 is 2.66 bits per heavy atom. The number of carbonyl (C=O) groups is 1. The molecule has 4 atom stereocenters. The molecule has 8 heteroatoms. The summed E-state index contributed by atoms with van der Waals surface area (Å²) in [5, 5.41) is 8.87. The van der Waals surface area contributed by atoms with Crippen molar-refractivity contribution in [1.82, 2.24) is 4.72 Å². The third-order valence-electron chi connectivity index (χ3n) is 5.79. The Bertz CT molecular complexity index is 915. The topological polar surface area (TPSA) is 83.5 Å². The van der Waals surface area contributed by atoms with Crippen molar-refractivity contribution < 1.29 is 22.7 Å². The minimum atomic E-state index is -3.98. The Morgan fingerprint density at radius 2 is 2.00 bits per heavy atom. The van der Waals surface area contributed by atoms with E-state index in [-0.39, 0.29) is 35.7 Å². The van der Waals surface area contributed by atoms with Crippen LogP contribution in [0.25, 0.3) is 0 Å². The smallest absolute Gasteiger partial charge is 0.303 e. The summed E-state index contributed by atoms with van der Waals surface area (Å²) in [4.78, 5) is 10.2. The lowest BCUT2D eigenvalue weighted by atomic mass is 9.62. The van der Waals surface area contributed by atoms with Gasteiger partial charge >= 0.3 is 5.97 Å². The maximum atomic E-state index is 14.1. The monoisotopic (exact) mass is 441 g/mol. The Morgan fingerprint density at radius 1 is 1.28 bits per heavy atom. The molecule has 158 valence electrons. The van der Waals surface area contributed by atoms with Crippen LogP contribution >= 0.6 is 11.6 Å². The Labute approximate surface area is 175 Å². The molecule has 0 radical (unpaired) electrons. The molecule has 0 aliphatic heterocycles. The predicted octanol–water partition coefficient (Wildman–Crippen LogP) is 4.40. The Kier molecular flexibility index (Phi) is 7.14. The first-order valence-corrected chi connectivity index (χ1v) is 11.7. The summed E-state index contributed by atoms with van der Waals surface area (Å²) in [5.74, 6) is -0.797. The zero-order valence-corrected chi connectivity index (χ0v) is 17.5. The lowest BCUT2D eigenvalue weighted by Crippen LogP contribution is -2.43. The largest absolute Gasteiger partial charge is 0.481 e. The number of nitrogens with one attached hydrogen (secondary N) is 1. The number of sulfonamides is 1. The van der Waals surface area contributed by atoms with Crippen molar-refractivity contribution in [2.45, 2.75) is 37.0 Å². The lowest BCUT2D eigenvalue weighted by Gasteiger charge is -2.44. The fourth-order valence-electron chi connectivity index (χ4n) is 4.32. The molecule has 0 aromatic heterocycles. The van der Waals surface area contributed by atoms with E-state index in [9.17, 15) is 17.6 Å². The Hall–Kier alpha value is -1.70. The van der Waals surface area contributed by atoms with Gasteiger partial charge in [-0.3, -0.25) is 4.79 Å². The number of allylic oxidation sites excluding steroid dienone is 4. The third kappa shape index (κ3) is 5.47. The van der Waals surface area contributed by atoms with E-state index in [1.807, 2.05) is 6.08 Å². The first kappa shape index (κ1) is 22.0. The van der Waals surface area contributed by atoms with Crippen molar-refractivity contribution in [2.24, 2.45) is 23.7 Å². The van der Waals surface area contributed by atoms with Crippen LogP contribution in [0.1, 0.15) is 32.1 Å². The van der Waals surface area contributed by atoms with Crippen molar-refractivity contribution in [3.63, 3.8) is 0 Å². The molecule has 1 fully saturated rings. The van der Waals surface area contributed by atoms with E-state index in [0.717, 1.165) is 18.9 Å². The van der Waals surface area contributed by atoms with Gasteiger partial charge in [-0.05, 0) is 67.6 Å². The molecule has 2 bridgehead atoms. The molecule has 1 saturated carbocycles. The lowest BCUT2D eigenvalue weighted by molar-refractivity contribution is -0.137. The summed E-state index contributed by atoms with van der Waals surface area (Å²) >= 11 is 5.71. The first-order valence-electron chi connectivity index (χ1n) is 9.79. The summed E-state index contributed by atoms with van der Waals surface area (Å²) in [5.41, 5.74) is 0. The van der Waals surface area contributed by atoms with Gasteiger partial charge in [0.15, 0.2) is 0 Å². The second kappa shape index (κ2) is 9.41. The van der Waals surface area contributed by atoms with Crippen molar-refractivity contribution in [3.05, 3.63) is 53.3 Å². The molecule has 0 saturated heterocycles. The molecule has 1 aromatic rings. The zero-order valence-electron chi connectivity index (χ0n) is 15.9. The quantitative estimate of drug-likeness (QED) is 0.439. The number of carboxylic acid groups (broad SMARTS) is 1. The van der Waals surface area contributed by atoms with E-state index in [0.29, 0.717) is 18.8 Å². The fraction of sp³-hybridized carbons (Fsp3) is 0.476. The van der Waals surface area contributed by atoms with Crippen LogP contribution < -0.4 is 4.72 Å². The number of hydrogen-bond acceptors (Lipinski definition) is 3. The Balaban J connectivity index is 1.68. The van der Waals surface area contributed by atoms with Crippen LogP contribution in [0.4, 0.5) is 4.39 Å². The van der Waals surface area contributed by atoms with E-state index in [4.69, 9.17) is 16.7 Å². The van der Waals surface area contributed by atoms with Crippen molar-refractivity contribution in [1.29, 1.82) is 0 Å².